The average Bonchev–Trinajstić information content (AvgIpc) is 2.38. The van der Waals surface area contributed by atoms with Crippen molar-refractivity contribution in [2.24, 2.45) is 0 Å². The molecule has 1 unspecified atom stereocenters. The molecule has 1 aliphatic rings. The molecule has 0 aliphatic carbocycles. The van der Waals surface area contributed by atoms with Gasteiger partial charge in [-0.05, 0) is 37.8 Å². The molecule has 1 aromatic rings. The predicted octanol–water partition coefficient (Wildman–Crippen LogP) is 2.07. The third kappa shape index (κ3) is 2.57. The Morgan fingerprint density at radius 3 is 3.12 bits per heavy atom. The van der Waals surface area contributed by atoms with E-state index in [0.717, 1.165) is 25.8 Å². The maximum absolute atomic E-state index is 12.3. The lowest BCUT2D eigenvalue weighted by molar-refractivity contribution is 0.0602. The van der Waals surface area contributed by atoms with Crippen LogP contribution in [0.1, 0.15) is 43.1 Å². The monoisotopic (exact) mass is 233 g/mol. The summed E-state index contributed by atoms with van der Waals surface area (Å²) in [5.74, 6) is 0.0175. The van der Waals surface area contributed by atoms with Crippen molar-refractivity contribution in [1.29, 1.82) is 0 Å². The number of nitrogen functional groups attached to an aromatic ring is 1. The summed E-state index contributed by atoms with van der Waals surface area (Å²) in [4.78, 5) is 18.4. The van der Waals surface area contributed by atoms with Crippen LogP contribution >= 0.6 is 0 Å². The normalized spacial score (nSPS) is 20.3. The van der Waals surface area contributed by atoms with E-state index in [1.807, 2.05) is 4.90 Å². The van der Waals surface area contributed by atoms with Gasteiger partial charge in [0.1, 0.15) is 5.69 Å². The molecule has 2 N–H and O–H groups in total. The lowest BCUT2D eigenvalue weighted by Gasteiger charge is -2.35. The zero-order valence-corrected chi connectivity index (χ0v) is 10.2. The Bertz CT molecular complexity index is 405. The molecule has 0 radical (unpaired) electrons. The Morgan fingerprint density at radius 1 is 1.59 bits per heavy atom. The van der Waals surface area contributed by atoms with Gasteiger partial charge in [-0.3, -0.25) is 9.78 Å². The molecule has 1 fully saturated rings. The summed E-state index contributed by atoms with van der Waals surface area (Å²) in [6, 6.07) is 3.72. The topological polar surface area (TPSA) is 59.2 Å². The number of likely N-dealkylation sites (tertiary alicyclic amines) is 1. The summed E-state index contributed by atoms with van der Waals surface area (Å²) in [6.45, 7) is 2.97. The van der Waals surface area contributed by atoms with Gasteiger partial charge < -0.3 is 10.6 Å². The lowest BCUT2D eigenvalue weighted by Crippen LogP contribution is -2.43. The third-order valence-corrected chi connectivity index (χ3v) is 3.36. The number of rotatable bonds is 2. The van der Waals surface area contributed by atoms with Crippen molar-refractivity contribution >= 4 is 11.6 Å². The summed E-state index contributed by atoms with van der Waals surface area (Å²) in [7, 11) is 0. The van der Waals surface area contributed by atoms with E-state index in [0.29, 0.717) is 17.4 Å². The smallest absolute Gasteiger partial charge is 0.272 e. The van der Waals surface area contributed by atoms with E-state index in [1.165, 1.54) is 6.42 Å². The Kier molecular flexibility index (Phi) is 3.61. The Balaban J connectivity index is 2.18. The van der Waals surface area contributed by atoms with E-state index >= 15 is 0 Å². The number of nitrogens with two attached hydrogens (primary N) is 1. The van der Waals surface area contributed by atoms with Crippen LogP contribution in [0.3, 0.4) is 0 Å². The molecule has 0 spiro atoms. The van der Waals surface area contributed by atoms with Gasteiger partial charge in [0.05, 0.1) is 0 Å². The van der Waals surface area contributed by atoms with Crippen molar-refractivity contribution < 1.29 is 4.79 Å². The maximum Gasteiger partial charge on any atom is 0.272 e. The van der Waals surface area contributed by atoms with Gasteiger partial charge in [0.15, 0.2) is 0 Å². The van der Waals surface area contributed by atoms with Gasteiger partial charge in [-0.15, -0.1) is 0 Å². The quantitative estimate of drug-likeness (QED) is 0.850. The molecular weight excluding hydrogens is 214 g/mol. The summed E-state index contributed by atoms with van der Waals surface area (Å²) < 4.78 is 0. The van der Waals surface area contributed by atoms with Gasteiger partial charge in [0, 0.05) is 24.5 Å². The first kappa shape index (κ1) is 11.9. The fourth-order valence-corrected chi connectivity index (χ4v) is 2.40. The molecule has 4 nitrogen and oxygen atoms in total. The van der Waals surface area contributed by atoms with E-state index in [9.17, 15) is 4.79 Å². The van der Waals surface area contributed by atoms with Gasteiger partial charge in [0.25, 0.3) is 5.91 Å². The number of piperidine rings is 1. The molecule has 1 saturated heterocycles. The van der Waals surface area contributed by atoms with Crippen LogP contribution in [0.2, 0.25) is 0 Å². The van der Waals surface area contributed by atoms with Crippen LogP contribution in [0.4, 0.5) is 5.69 Å². The number of carbonyl (C=O) groups excluding carboxylic acids is 1. The molecule has 1 atom stereocenters. The zero-order valence-electron chi connectivity index (χ0n) is 10.2. The molecule has 1 aromatic heterocycles. The highest BCUT2D eigenvalue weighted by Crippen LogP contribution is 2.21. The summed E-state index contributed by atoms with van der Waals surface area (Å²) in [5, 5.41) is 0. The first-order valence-electron chi connectivity index (χ1n) is 6.25. The van der Waals surface area contributed by atoms with Crippen LogP contribution in [-0.4, -0.2) is 28.4 Å². The van der Waals surface area contributed by atoms with Gasteiger partial charge in [-0.25, -0.2) is 0 Å². The van der Waals surface area contributed by atoms with Crippen LogP contribution in [0.15, 0.2) is 18.3 Å². The SMILES string of the molecule is CCC1CCCCN1C(=O)c1cc(N)ccn1. The maximum atomic E-state index is 12.3. The van der Waals surface area contributed by atoms with Crippen LogP contribution in [0.25, 0.3) is 0 Å². The fourth-order valence-electron chi connectivity index (χ4n) is 2.40. The van der Waals surface area contributed by atoms with Crippen molar-refractivity contribution in [3.63, 3.8) is 0 Å². The lowest BCUT2D eigenvalue weighted by atomic mass is 9.99. The number of anilines is 1. The number of pyridine rings is 1. The molecule has 92 valence electrons. The third-order valence-electron chi connectivity index (χ3n) is 3.36. The van der Waals surface area contributed by atoms with Crippen LogP contribution in [0, 0.1) is 0 Å². The van der Waals surface area contributed by atoms with Crippen LogP contribution < -0.4 is 5.73 Å². The molecule has 2 rings (SSSR count). The average molecular weight is 233 g/mol. The van der Waals surface area contributed by atoms with Gasteiger partial charge in [0.2, 0.25) is 0 Å². The highest BCUT2D eigenvalue weighted by molar-refractivity contribution is 5.93. The number of carbonyl (C=O) groups is 1. The predicted molar refractivity (Wildman–Crippen MR) is 67.6 cm³/mol. The first-order chi connectivity index (χ1) is 8.22. The summed E-state index contributed by atoms with van der Waals surface area (Å²) in [6.07, 6.45) is 6.00. The fraction of sp³-hybridized carbons (Fsp3) is 0.538. The first-order valence-corrected chi connectivity index (χ1v) is 6.25. The minimum atomic E-state index is 0.0175. The van der Waals surface area contributed by atoms with Crippen molar-refractivity contribution in [1.82, 2.24) is 9.88 Å². The van der Waals surface area contributed by atoms with Crippen molar-refractivity contribution in [2.45, 2.75) is 38.6 Å². The summed E-state index contributed by atoms with van der Waals surface area (Å²) in [5.41, 5.74) is 6.74. The van der Waals surface area contributed by atoms with Crippen molar-refractivity contribution in [3.8, 4) is 0 Å². The van der Waals surface area contributed by atoms with E-state index < -0.39 is 0 Å². The zero-order chi connectivity index (χ0) is 12.3. The van der Waals surface area contributed by atoms with Crippen molar-refractivity contribution in [3.05, 3.63) is 24.0 Å². The van der Waals surface area contributed by atoms with Gasteiger partial charge in [-0.1, -0.05) is 6.92 Å². The molecule has 1 amide bonds. The molecule has 0 bridgehead atoms. The molecule has 0 saturated carbocycles. The highest BCUT2D eigenvalue weighted by atomic mass is 16.2. The van der Waals surface area contributed by atoms with Gasteiger partial charge >= 0.3 is 0 Å². The Labute approximate surface area is 102 Å². The molecule has 0 aromatic carbocycles. The number of nitrogens with zero attached hydrogens (tertiary/aromatic N) is 2. The molecule has 4 heteroatoms. The Hall–Kier alpha value is -1.58. The molecular formula is C13H19N3O. The standard InChI is InChI=1S/C13H19N3O/c1-2-11-5-3-4-8-16(11)13(17)12-9-10(14)6-7-15-12/h6-7,9,11H,2-5,8H2,1H3,(H2,14,15). The van der Waals surface area contributed by atoms with Crippen LogP contribution in [-0.2, 0) is 0 Å². The second-order valence-corrected chi connectivity index (χ2v) is 4.53. The second kappa shape index (κ2) is 5.17. The number of amides is 1. The highest BCUT2D eigenvalue weighted by Gasteiger charge is 2.26. The molecule has 1 aliphatic heterocycles. The van der Waals surface area contributed by atoms with E-state index in [-0.39, 0.29) is 5.91 Å². The number of hydrogen-bond acceptors (Lipinski definition) is 3. The van der Waals surface area contributed by atoms with E-state index in [4.69, 9.17) is 5.73 Å². The van der Waals surface area contributed by atoms with Crippen molar-refractivity contribution in [2.75, 3.05) is 12.3 Å². The summed E-state index contributed by atoms with van der Waals surface area (Å²) >= 11 is 0. The minimum Gasteiger partial charge on any atom is -0.399 e. The van der Waals surface area contributed by atoms with Gasteiger partial charge in [-0.2, -0.15) is 0 Å². The second-order valence-electron chi connectivity index (χ2n) is 4.53. The molecule has 2 heterocycles. The Morgan fingerprint density at radius 2 is 2.41 bits per heavy atom. The van der Waals surface area contributed by atoms with Crippen LogP contribution in [0.5, 0.6) is 0 Å². The minimum absolute atomic E-state index is 0.0175. The van der Waals surface area contributed by atoms with E-state index in [2.05, 4.69) is 11.9 Å². The number of aromatic nitrogens is 1. The molecule has 17 heavy (non-hydrogen) atoms. The largest absolute Gasteiger partial charge is 0.399 e. The number of hydrogen-bond donors (Lipinski definition) is 1. The van der Waals surface area contributed by atoms with E-state index in [1.54, 1.807) is 18.3 Å².